The highest BCUT2D eigenvalue weighted by Gasteiger charge is 2.17. The maximum atomic E-state index is 5.30. The summed E-state index contributed by atoms with van der Waals surface area (Å²) < 4.78 is 10.6. The minimum atomic E-state index is -0.114. The van der Waals surface area contributed by atoms with E-state index < -0.39 is 0 Å². The molecule has 0 spiro atoms. The molecule has 0 bridgehead atoms. The Bertz CT molecular complexity index is 148. The first-order chi connectivity index (χ1) is 5.20. The molecule has 0 aromatic rings. The minimum absolute atomic E-state index is 0.114. The molecule has 11 heavy (non-hydrogen) atoms. The van der Waals surface area contributed by atoms with Gasteiger partial charge in [-0.2, -0.15) is 0 Å². The van der Waals surface area contributed by atoms with Crippen LogP contribution in [0, 0.1) is 0 Å². The molecule has 0 atom stereocenters. The summed E-state index contributed by atoms with van der Waals surface area (Å²) in [4.78, 5) is 1.99. The summed E-state index contributed by atoms with van der Waals surface area (Å²) in [7, 11) is 3.97. The Morgan fingerprint density at radius 1 is 1.36 bits per heavy atom. The SMILES string of the molecule is CC(=CN(C)C)C1OCCO1. The summed E-state index contributed by atoms with van der Waals surface area (Å²) in [5.74, 6) is 0. The highest BCUT2D eigenvalue weighted by atomic mass is 16.7. The van der Waals surface area contributed by atoms with E-state index in [1.54, 1.807) is 0 Å². The molecule has 3 heteroatoms. The molecule has 3 nitrogen and oxygen atoms in total. The molecule has 64 valence electrons. The lowest BCUT2D eigenvalue weighted by Crippen LogP contribution is -2.12. The van der Waals surface area contributed by atoms with Crippen molar-refractivity contribution < 1.29 is 9.47 Å². The van der Waals surface area contributed by atoms with Gasteiger partial charge in [0.05, 0.1) is 13.2 Å². The van der Waals surface area contributed by atoms with Gasteiger partial charge in [0.1, 0.15) is 0 Å². The van der Waals surface area contributed by atoms with Crippen LogP contribution in [-0.2, 0) is 9.47 Å². The zero-order valence-corrected chi connectivity index (χ0v) is 7.33. The van der Waals surface area contributed by atoms with E-state index in [1.807, 2.05) is 32.1 Å². The molecule has 0 N–H and O–H groups in total. The van der Waals surface area contributed by atoms with Gasteiger partial charge in [-0.3, -0.25) is 0 Å². The van der Waals surface area contributed by atoms with E-state index in [0.717, 1.165) is 5.57 Å². The van der Waals surface area contributed by atoms with Crippen molar-refractivity contribution in [2.24, 2.45) is 0 Å². The molecule has 1 aliphatic rings. The molecular formula is C8H15NO2. The third-order valence-corrected chi connectivity index (χ3v) is 1.46. The predicted octanol–water partition coefficient (Wildman–Crippen LogP) is 0.825. The second-order valence-electron chi connectivity index (χ2n) is 2.91. The first kappa shape index (κ1) is 8.56. The highest BCUT2D eigenvalue weighted by molar-refractivity contribution is 5.01. The van der Waals surface area contributed by atoms with E-state index in [1.165, 1.54) is 0 Å². The summed E-state index contributed by atoms with van der Waals surface area (Å²) in [5.41, 5.74) is 1.12. The fourth-order valence-corrected chi connectivity index (χ4v) is 1.09. The molecule has 0 aromatic heterocycles. The van der Waals surface area contributed by atoms with Gasteiger partial charge >= 0.3 is 0 Å². The number of hydrogen-bond acceptors (Lipinski definition) is 3. The van der Waals surface area contributed by atoms with Crippen molar-refractivity contribution in [3.8, 4) is 0 Å². The normalized spacial score (nSPS) is 20.8. The van der Waals surface area contributed by atoms with E-state index in [0.29, 0.717) is 13.2 Å². The van der Waals surface area contributed by atoms with Gasteiger partial charge in [0, 0.05) is 20.3 Å². The molecule has 1 rings (SSSR count). The van der Waals surface area contributed by atoms with E-state index in [-0.39, 0.29) is 6.29 Å². The highest BCUT2D eigenvalue weighted by Crippen LogP contribution is 2.12. The van der Waals surface area contributed by atoms with Gasteiger partial charge in [0.15, 0.2) is 6.29 Å². The molecule has 0 radical (unpaired) electrons. The van der Waals surface area contributed by atoms with Gasteiger partial charge in [-0.15, -0.1) is 0 Å². The number of rotatable bonds is 2. The van der Waals surface area contributed by atoms with Gasteiger partial charge in [0.25, 0.3) is 0 Å². The molecule has 1 aliphatic heterocycles. The lowest BCUT2D eigenvalue weighted by atomic mass is 10.3. The first-order valence-electron chi connectivity index (χ1n) is 3.78. The van der Waals surface area contributed by atoms with Crippen molar-refractivity contribution in [3.63, 3.8) is 0 Å². The van der Waals surface area contributed by atoms with E-state index in [4.69, 9.17) is 9.47 Å². The summed E-state index contributed by atoms with van der Waals surface area (Å²) in [6.07, 6.45) is 1.90. The van der Waals surface area contributed by atoms with Crippen LogP contribution in [0.3, 0.4) is 0 Å². The third-order valence-electron chi connectivity index (χ3n) is 1.46. The number of nitrogens with zero attached hydrogens (tertiary/aromatic N) is 1. The maximum absolute atomic E-state index is 5.30. The summed E-state index contributed by atoms with van der Waals surface area (Å²) in [6.45, 7) is 3.43. The fourth-order valence-electron chi connectivity index (χ4n) is 1.09. The van der Waals surface area contributed by atoms with Crippen molar-refractivity contribution in [2.75, 3.05) is 27.3 Å². The fraction of sp³-hybridized carbons (Fsp3) is 0.750. The average Bonchev–Trinajstić information content (AvgIpc) is 2.35. The predicted molar refractivity (Wildman–Crippen MR) is 43.1 cm³/mol. The van der Waals surface area contributed by atoms with Crippen molar-refractivity contribution in [1.82, 2.24) is 4.90 Å². The lowest BCUT2D eigenvalue weighted by molar-refractivity contribution is -0.0119. The first-order valence-corrected chi connectivity index (χ1v) is 3.78. The van der Waals surface area contributed by atoms with Gasteiger partial charge in [-0.1, -0.05) is 0 Å². The Morgan fingerprint density at radius 2 is 1.91 bits per heavy atom. The van der Waals surface area contributed by atoms with Crippen LogP contribution in [0.15, 0.2) is 11.8 Å². The standard InChI is InChI=1S/C8H15NO2/c1-7(6-9(2)3)8-10-4-5-11-8/h6,8H,4-5H2,1-3H3. The van der Waals surface area contributed by atoms with Crippen molar-refractivity contribution in [1.29, 1.82) is 0 Å². The smallest absolute Gasteiger partial charge is 0.181 e. The third kappa shape index (κ3) is 2.52. The molecular weight excluding hydrogens is 142 g/mol. The molecule has 0 aliphatic carbocycles. The van der Waals surface area contributed by atoms with Crippen LogP contribution in [-0.4, -0.2) is 38.5 Å². The summed E-state index contributed by atoms with van der Waals surface area (Å²) in [6, 6.07) is 0. The Labute approximate surface area is 67.6 Å². The van der Waals surface area contributed by atoms with Gasteiger partial charge < -0.3 is 14.4 Å². The van der Waals surface area contributed by atoms with Crippen LogP contribution in [0.5, 0.6) is 0 Å². The summed E-state index contributed by atoms with van der Waals surface area (Å²) >= 11 is 0. The minimum Gasteiger partial charge on any atom is -0.383 e. The summed E-state index contributed by atoms with van der Waals surface area (Å²) in [5, 5.41) is 0. The van der Waals surface area contributed by atoms with Gasteiger partial charge in [0.2, 0.25) is 0 Å². The van der Waals surface area contributed by atoms with Crippen LogP contribution in [0.4, 0.5) is 0 Å². The van der Waals surface area contributed by atoms with Crippen molar-refractivity contribution in [2.45, 2.75) is 13.2 Å². The Morgan fingerprint density at radius 3 is 2.36 bits per heavy atom. The molecule has 0 saturated carbocycles. The van der Waals surface area contributed by atoms with E-state index in [2.05, 4.69) is 0 Å². The molecule has 0 amide bonds. The molecule has 0 unspecified atom stereocenters. The van der Waals surface area contributed by atoms with Crippen LogP contribution in [0.2, 0.25) is 0 Å². The number of hydrogen-bond donors (Lipinski definition) is 0. The Hall–Kier alpha value is -0.540. The van der Waals surface area contributed by atoms with Gasteiger partial charge in [-0.05, 0) is 12.5 Å². The average molecular weight is 157 g/mol. The van der Waals surface area contributed by atoms with Crippen LogP contribution in [0.25, 0.3) is 0 Å². The second-order valence-corrected chi connectivity index (χ2v) is 2.91. The van der Waals surface area contributed by atoms with E-state index >= 15 is 0 Å². The van der Waals surface area contributed by atoms with E-state index in [9.17, 15) is 0 Å². The molecule has 0 aromatic carbocycles. The molecule has 1 heterocycles. The number of ether oxygens (including phenoxy) is 2. The molecule has 1 saturated heterocycles. The lowest BCUT2D eigenvalue weighted by Gasteiger charge is -2.12. The zero-order chi connectivity index (χ0) is 8.27. The maximum Gasteiger partial charge on any atom is 0.181 e. The monoisotopic (exact) mass is 157 g/mol. The van der Waals surface area contributed by atoms with Crippen molar-refractivity contribution in [3.05, 3.63) is 11.8 Å². The zero-order valence-electron chi connectivity index (χ0n) is 7.33. The Kier molecular flexibility index (Phi) is 2.91. The van der Waals surface area contributed by atoms with Gasteiger partial charge in [-0.25, -0.2) is 0 Å². The quantitative estimate of drug-likeness (QED) is 0.592. The van der Waals surface area contributed by atoms with Crippen LogP contribution in [0.1, 0.15) is 6.92 Å². The van der Waals surface area contributed by atoms with Crippen LogP contribution >= 0.6 is 0 Å². The molecule has 1 fully saturated rings. The van der Waals surface area contributed by atoms with Crippen LogP contribution < -0.4 is 0 Å². The largest absolute Gasteiger partial charge is 0.383 e. The second kappa shape index (κ2) is 3.74. The van der Waals surface area contributed by atoms with Crippen molar-refractivity contribution >= 4 is 0 Å². The Balaban J connectivity index is 2.45. The topological polar surface area (TPSA) is 21.7 Å².